The second kappa shape index (κ2) is 18.7. The minimum Gasteiger partial charge on any atom is -2.00 e. The normalized spacial score (nSPS) is 1.60. The third kappa shape index (κ3) is 35.3. The monoisotopic (exact) mass is 164 g/mol. The van der Waals surface area contributed by atoms with Gasteiger partial charge in [0.15, 0.2) is 0 Å². The van der Waals surface area contributed by atoms with Crippen LogP contribution in [0.1, 0.15) is 0 Å². The maximum Gasteiger partial charge on any atom is 2.00 e. The molecule has 0 heterocycles. The third-order valence-electron chi connectivity index (χ3n) is 0. The summed E-state index contributed by atoms with van der Waals surface area (Å²) in [5, 5.41) is 0. The maximum atomic E-state index is 8.40. The van der Waals surface area contributed by atoms with E-state index >= 15 is 0 Å². The van der Waals surface area contributed by atoms with Crippen LogP contribution in [0.4, 0.5) is 0 Å². The van der Waals surface area contributed by atoms with Gasteiger partial charge in [-0.3, -0.25) is 8.92 Å². The Balaban J connectivity index is -0.0000000200. The van der Waals surface area contributed by atoms with Crippen LogP contribution in [-0.2, 0) is 14.4 Å². The van der Waals surface area contributed by atoms with E-state index in [1.807, 2.05) is 0 Å². The summed E-state index contributed by atoms with van der Waals surface area (Å²) in [7, 11) is -1.42. The van der Waals surface area contributed by atoms with Gasteiger partial charge in [0.1, 0.15) is 0 Å². The number of hydrogen-bond acceptors (Lipinski definition) is 2. The maximum absolute atomic E-state index is 8.40. The zero-order valence-electron chi connectivity index (χ0n) is 2.43. The van der Waals surface area contributed by atoms with Gasteiger partial charge in [0, 0.05) is 0 Å². The van der Waals surface area contributed by atoms with Gasteiger partial charge < -0.3 is 5.48 Å². The van der Waals surface area contributed by atoms with Crippen LogP contribution in [0.3, 0.4) is 0 Å². The van der Waals surface area contributed by atoms with Gasteiger partial charge in [0.25, 0.3) is 0 Å². The van der Waals surface area contributed by atoms with E-state index in [0.717, 1.165) is 0 Å². The van der Waals surface area contributed by atoms with Crippen LogP contribution in [0.15, 0.2) is 0 Å². The van der Waals surface area contributed by atoms with Crippen molar-refractivity contribution in [2.24, 2.45) is 0 Å². The molecule has 0 unspecified atom stereocenters. The molecule has 0 amide bonds. The molecule has 0 aliphatic heterocycles. The van der Waals surface area contributed by atoms with Gasteiger partial charge in [0.05, 0.1) is 0 Å². The molecule has 0 fully saturated rings. The molecule has 5 heteroatoms. The second-order valence-electron chi connectivity index (χ2n) is 0.0833. The van der Waals surface area contributed by atoms with Crippen molar-refractivity contribution in [3.05, 3.63) is 0 Å². The molecule has 0 aromatic heterocycles. The SMILES string of the molecule is O=[Si]=O.[O-2].[Sr+2]. The summed E-state index contributed by atoms with van der Waals surface area (Å²) in [5.74, 6) is 0. The zero-order valence-corrected chi connectivity index (χ0v) is 6.91. The number of hydrogen-bond donors (Lipinski definition) is 0. The quantitative estimate of drug-likeness (QED) is 0.425. The Hall–Kier alpha value is 1.26. The average molecular weight is 164 g/mol. The molecule has 0 radical (unpaired) electrons. The fourth-order valence-electron chi connectivity index (χ4n) is 0. The smallest absolute Gasteiger partial charge is 2.00 e. The molecule has 0 aliphatic carbocycles. The standard InChI is InChI=1S/O2Si.O.Sr/c1-3-2;;/q;-2;+2. The predicted octanol–water partition coefficient (Wildman–Crippen LogP) is -1.12. The Bertz CT molecular complexity index is 27.9. The van der Waals surface area contributed by atoms with Crippen LogP contribution < -0.4 is 0 Å². The van der Waals surface area contributed by atoms with Gasteiger partial charge in [-0.15, -0.1) is 0 Å². The fourth-order valence-corrected chi connectivity index (χ4v) is 0. The Labute approximate surface area is 68.3 Å². The molecule has 3 nitrogen and oxygen atoms in total. The molecule has 0 saturated carbocycles. The van der Waals surface area contributed by atoms with Crippen molar-refractivity contribution in [3.8, 4) is 0 Å². The van der Waals surface area contributed by atoms with E-state index < -0.39 is 9.29 Å². The van der Waals surface area contributed by atoms with Crippen molar-refractivity contribution in [2.75, 3.05) is 0 Å². The van der Waals surface area contributed by atoms with Crippen LogP contribution in [0.25, 0.3) is 0 Å². The van der Waals surface area contributed by atoms with Gasteiger partial charge in [-0.05, 0) is 0 Å². The van der Waals surface area contributed by atoms with Crippen LogP contribution in [0.5, 0.6) is 0 Å². The third-order valence-corrected chi connectivity index (χ3v) is 0. The summed E-state index contributed by atoms with van der Waals surface area (Å²) in [6, 6.07) is 0. The molecule has 0 aromatic rings. The average Bonchev–Trinajstić information content (AvgIpc) is 0.918. The molecule has 0 spiro atoms. The Morgan fingerprint density at radius 1 is 1.20 bits per heavy atom. The van der Waals surface area contributed by atoms with Gasteiger partial charge in [-0.1, -0.05) is 0 Å². The molecular formula is O3SiSr. The second-order valence-corrected chi connectivity index (χ2v) is 0.250. The Morgan fingerprint density at radius 2 is 1.20 bits per heavy atom. The van der Waals surface area contributed by atoms with Crippen molar-refractivity contribution < 1.29 is 14.4 Å². The first-order valence-electron chi connectivity index (χ1n) is 0.408. The van der Waals surface area contributed by atoms with E-state index in [0.29, 0.717) is 0 Å². The molecule has 24 valence electrons. The van der Waals surface area contributed by atoms with Crippen molar-refractivity contribution >= 4 is 54.8 Å². The first kappa shape index (κ1) is 16.3. The summed E-state index contributed by atoms with van der Waals surface area (Å²) < 4.78 is 16.8. The van der Waals surface area contributed by atoms with E-state index in [4.69, 9.17) is 8.92 Å². The van der Waals surface area contributed by atoms with Gasteiger partial charge >= 0.3 is 54.8 Å². The van der Waals surface area contributed by atoms with Gasteiger partial charge in [0.2, 0.25) is 0 Å². The minimum absolute atomic E-state index is 0. The minimum atomic E-state index is -1.42. The summed E-state index contributed by atoms with van der Waals surface area (Å²) >= 11 is 0. The van der Waals surface area contributed by atoms with E-state index in [9.17, 15) is 0 Å². The molecule has 0 N–H and O–H groups in total. The van der Waals surface area contributed by atoms with Crippen molar-refractivity contribution in [1.82, 2.24) is 0 Å². The van der Waals surface area contributed by atoms with E-state index in [-0.39, 0.29) is 51.0 Å². The Morgan fingerprint density at radius 3 is 1.20 bits per heavy atom. The van der Waals surface area contributed by atoms with Crippen molar-refractivity contribution in [1.29, 1.82) is 0 Å². The molecule has 0 rings (SSSR count). The zero-order chi connectivity index (χ0) is 2.71. The van der Waals surface area contributed by atoms with Crippen LogP contribution in [-0.4, -0.2) is 54.8 Å². The first-order valence-corrected chi connectivity index (χ1v) is 1.22. The van der Waals surface area contributed by atoms with E-state index in [2.05, 4.69) is 0 Å². The molecule has 0 aromatic carbocycles. The molecule has 0 bridgehead atoms. The summed E-state index contributed by atoms with van der Waals surface area (Å²) in [5.41, 5.74) is 0. The first-order chi connectivity index (χ1) is 1.41. The van der Waals surface area contributed by atoms with E-state index in [1.165, 1.54) is 0 Å². The fraction of sp³-hybridized carbons (Fsp3) is 0. The summed E-state index contributed by atoms with van der Waals surface area (Å²) in [4.78, 5) is 0. The molecule has 0 saturated heterocycles. The molecule has 0 aliphatic rings. The number of rotatable bonds is 0. The summed E-state index contributed by atoms with van der Waals surface area (Å²) in [6.07, 6.45) is 0. The Kier molecular flexibility index (Phi) is 61.0. The topological polar surface area (TPSA) is 62.6 Å². The van der Waals surface area contributed by atoms with Crippen molar-refractivity contribution in [3.63, 3.8) is 0 Å². The summed E-state index contributed by atoms with van der Waals surface area (Å²) in [6.45, 7) is 0. The van der Waals surface area contributed by atoms with Crippen LogP contribution in [0.2, 0.25) is 0 Å². The van der Waals surface area contributed by atoms with Gasteiger partial charge in [-0.25, -0.2) is 0 Å². The van der Waals surface area contributed by atoms with Crippen LogP contribution in [0, 0.1) is 0 Å². The van der Waals surface area contributed by atoms with Gasteiger partial charge in [-0.2, -0.15) is 0 Å². The molecular weight excluding hydrogens is 164 g/mol. The van der Waals surface area contributed by atoms with Crippen molar-refractivity contribution in [2.45, 2.75) is 0 Å². The largest absolute Gasteiger partial charge is 2.00 e. The predicted molar refractivity (Wildman–Crippen MR) is 13.6 cm³/mol. The molecule has 5 heavy (non-hydrogen) atoms. The van der Waals surface area contributed by atoms with E-state index in [1.54, 1.807) is 0 Å². The molecule has 0 atom stereocenters. The van der Waals surface area contributed by atoms with Crippen LogP contribution >= 0.6 is 0 Å².